The van der Waals surface area contributed by atoms with E-state index in [0.29, 0.717) is 4.83 Å². The molecule has 3 heteroatoms. The predicted molar refractivity (Wildman–Crippen MR) is 78.6 cm³/mol. The summed E-state index contributed by atoms with van der Waals surface area (Å²) >= 11 is 9.12. The van der Waals surface area contributed by atoms with Crippen molar-refractivity contribution in [3.05, 3.63) is 56.2 Å². The van der Waals surface area contributed by atoms with Gasteiger partial charge in [0.15, 0.2) is 0 Å². The zero-order valence-corrected chi connectivity index (χ0v) is 12.9. The van der Waals surface area contributed by atoms with Gasteiger partial charge in [-0.05, 0) is 48.1 Å². The summed E-state index contributed by atoms with van der Waals surface area (Å²) in [4.78, 5) is 1.81. The fourth-order valence-corrected chi connectivity index (χ4v) is 3.87. The highest BCUT2D eigenvalue weighted by Gasteiger charge is 2.10. The van der Waals surface area contributed by atoms with Crippen molar-refractivity contribution in [3.8, 4) is 0 Å². The second-order valence-corrected chi connectivity index (χ2v) is 6.87. The average Bonchev–Trinajstić information content (AvgIpc) is 2.68. The summed E-state index contributed by atoms with van der Waals surface area (Å²) in [6.45, 7) is 2.12. The molecule has 0 aliphatic heterocycles. The molecule has 16 heavy (non-hydrogen) atoms. The molecule has 0 aliphatic rings. The maximum Gasteiger partial charge on any atom is 0.0443 e. The third kappa shape index (κ3) is 3.19. The minimum atomic E-state index is 0.391. The van der Waals surface area contributed by atoms with E-state index in [9.17, 15) is 0 Å². The molecule has 0 spiro atoms. The summed E-state index contributed by atoms with van der Waals surface area (Å²) < 4.78 is 1.15. The van der Waals surface area contributed by atoms with E-state index in [1.807, 2.05) is 11.3 Å². The van der Waals surface area contributed by atoms with Gasteiger partial charge in [-0.15, -0.1) is 11.3 Å². The Morgan fingerprint density at radius 3 is 2.75 bits per heavy atom. The van der Waals surface area contributed by atoms with Crippen LogP contribution in [-0.2, 0) is 6.42 Å². The molecule has 1 atom stereocenters. The first-order chi connectivity index (χ1) is 7.65. The highest BCUT2D eigenvalue weighted by atomic mass is 79.9. The Morgan fingerprint density at radius 1 is 1.31 bits per heavy atom. The monoisotopic (exact) mass is 358 g/mol. The van der Waals surface area contributed by atoms with Crippen molar-refractivity contribution in [1.82, 2.24) is 0 Å². The first kappa shape index (κ1) is 12.3. The molecule has 1 heterocycles. The summed E-state index contributed by atoms with van der Waals surface area (Å²) in [6, 6.07) is 10.8. The highest BCUT2D eigenvalue weighted by molar-refractivity contribution is 9.10. The Balaban J connectivity index is 2.17. The van der Waals surface area contributed by atoms with Crippen molar-refractivity contribution in [1.29, 1.82) is 0 Å². The van der Waals surface area contributed by atoms with Crippen molar-refractivity contribution in [2.24, 2.45) is 0 Å². The van der Waals surface area contributed by atoms with Crippen LogP contribution in [0.2, 0.25) is 0 Å². The van der Waals surface area contributed by atoms with E-state index in [4.69, 9.17) is 0 Å². The summed E-state index contributed by atoms with van der Waals surface area (Å²) in [6.07, 6.45) is 1.05. The Kier molecular flexibility index (Phi) is 4.22. The summed E-state index contributed by atoms with van der Waals surface area (Å²) in [7, 11) is 0. The van der Waals surface area contributed by atoms with Crippen molar-refractivity contribution >= 4 is 43.2 Å². The van der Waals surface area contributed by atoms with Crippen LogP contribution in [0, 0.1) is 6.92 Å². The number of thiophene rings is 1. The van der Waals surface area contributed by atoms with Gasteiger partial charge in [0, 0.05) is 14.2 Å². The molecule has 0 aliphatic carbocycles. The zero-order chi connectivity index (χ0) is 11.5. The van der Waals surface area contributed by atoms with E-state index in [1.54, 1.807) is 0 Å². The molecule has 2 rings (SSSR count). The average molecular weight is 360 g/mol. The van der Waals surface area contributed by atoms with E-state index in [2.05, 4.69) is 74.5 Å². The minimum absolute atomic E-state index is 0.391. The Bertz CT molecular complexity index is 443. The van der Waals surface area contributed by atoms with Crippen LogP contribution in [0.3, 0.4) is 0 Å². The van der Waals surface area contributed by atoms with Gasteiger partial charge >= 0.3 is 0 Å². The van der Waals surface area contributed by atoms with E-state index < -0.39 is 0 Å². The molecule has 1 unspecified atom stereocenters. The first-order valence-corrected chi connectivity index (χ1v) is 7.67. The topological polar surface area (TPSA) is 0 Å². The molecule has 2 aromatic rings. The second kappa shape index (κ2) is 5.48. The summed E-state index contributed by atoms with van der Waals surface area (Å²) in [5, 5.41) is 2.13. The predicted octanol–water partition coefficient (Wildman–Crippen LogP) is 5.50. The van der Waals surface area contributed by atoms with Crippen LogP contribution >= 0.6 is 43.2 Å². The number of alkyl halides is 1. The Hall–Kier alpha value is -0.120. The summed E-state index contributed by atoms with van der Waals surface area (Å²) in [5.74, 6) is 0. The molecule has 0 radical (unpaired) electrons. The van der Waals surface area contributed by atoms with E-state index >= 15 is 0 Å². The van der Waals surface area contributed by atoms with Crippen LogP contribution in [0.15, 0.2) is 40.2 Å². The molecule has 0 amide bonds. The van der Waals surface area contributed by atoms with Gasteiger partial charge in [0.2, 0.25) is 0 Å². The SMILES string of the molecule is Cc1cc(Br)cc(C(Br)Cc2cccs2)c1. The maximum atomic E-state index is 3.76. The molecule has 0 fully saturated rings. The van der Waals surface area contributed by atoms with Gasteiger partial charge in [-0.1, -0.05) is 44.0 Å². The molecule has 1 aromatic heterocycles. The molecule has 1 aromatic carbocycles. The number of rotatable bonds is 3. The van der Waals surface area contributed by atoms with E-state index in [1.165, 1.54) is 16.0 Å². The molecule has 0 bridgehead atoms. The molecule has 0 nitrogen and oxygen atoms in total. The lowest BCUT2D eigenvalue weighted by Crippen LogP contribution is -1.94. The molecule has 0 saturated carbocycles. The number of halogens is 2. The number of benzene rings is 1. The lowest BCUT2D eigenvalue weighted by atomic mass is 10.1. The van der Waals surface area contributed by atoms with Crippen molar-refractivity contribution in [3.63, 3.8) is 0 Å². The quantitative estimate of drug-likeness (QED) is 0.635. The smallest absolute Gasteiger partial charge is 0.0443 e. The molecule has 84 valence electrons. The zero-order valence-electron chi connectivity index (χ0n) is 8.91. The first-order valence-electron chi connectivity index (χ1n) is 5.08. The van der Waals surface area contributed by atoms with E-state index in [0.717, 1.165) is 10.9 Å². The minimum Gasteiger partial charge on any atom is -0.149 e. The largest absolute Gasteiger partial charge is 0.149 e. The van der Waals surface area contributed by atoms with Crippen LogP contribution in [0.1, 0.15) is 20.8 Å². The fourth-order valence-electron chi connectivity index (χ4n) is 1.67. The third-order valence-corrected chi connectivity index (χ3v) is 4.60. The summed E-state index contributed by atoms with van der Waals surface area (Å²) in [5.41, 5.74) is 2.63. The van der Waals surface area contributed by atoms with Gasteiger partial charge in [-0.25, -0.2) is 0 Å². The van der Waals surface area contributed by atoms with Gasteiger partial charge in [-0.2, -0.15) is 0 Å². The van der Waals surface area contributed by atoms with Crippen molar-refractivity contribution < 1.29 is 0 Å². The number of hydrogen-bond donors (Lipinski definition) is 0. The molecule has 0 N–H and O–H groups in total. The van der Waals surface area contributed by atoms with Gasteiger partial charge in [0.1, 0.15) is 0 Å². The van der Waals surface area contributed by atoms with E-state index in [-0.39, 0.29) is 0 Å². The Morgan fingerprint density at radius 2 is 2.12 bits per heavy atom. The maximum absolute atomic E-state index is 3.76. The van der Waals surface area contributed by atoms with Gasteiger partial charge < -0.3 is 0 Å². The standard InChI is InChI=1S/C13H12Br2S/c1-9-5-10(7-11(14)6-9)13(15)8-12-3-2-4-16-12/h2-7,13H,8H2,1H3. The van der Waals surface area contributed by atoms with Crippen LogP contribution < -0.4 is 0 Å². The van der Waals surface area contributed by atoms with Crippen LogP contribution in [0.25, 0.3) is 0 Å². The normalized spacial score (nSPS) is 12.7. The molecule has 0 saturated heterocycles. The van der Waals surface area contributed by atoms with Gasteiger partial charge in [0.25, 0.3) is 0 Å². The second-order valence-electron chi connectivity index (χ2n) is 3.81. The fraction of sp³-hybridized carbons (Fsp3) is 0.231. The number of aryl methyl sites for hydroxylation is 1. The lowest BCUT2D eigenvalue weighted by Gasteiger charge is -2.10. The van der Waals surface area contributed by atoms with Gasteiger partial charge in [0.05, 0.1) is 0 Å². The Labute approximate surface area is 117 Å². The highest BCUT2D eigenvalue weighted by Crippen LogP contribution is 2.31. The third-order valence-electron chi connectivity index (χ3n) is 2.39. The van der Waals surface area contributed by atoms with Crippen LogP contribution in [-0.4, -0.2) is 0 Å². The number of hydrogen-bond acceptors (Lipinski definition) is 1. The van der Waals surface area contributed by atoms with Crippen molar-refractivity contribution in [2.45, 2.75) is 18.2 Å². The molecular weight excluding hydrogens is 348 g/mol. The van der Waals surface area contributed by atoms with Gasteiger partial charge in [-0.3, -0.25) is 0 Å². The lowest BCUT2D eigenvalue weighted by molar-refractivity contribution is 0.965. The van der Waals surface area contributed by atoms with Crippen LogP contribution in [0.4, 0.5) is 0 Å². The van der Waals surface area contributed by atoms with Crippen LogP contribution in [0.5, 0.6) is 0 Å². The van der Waals surface area contributed by atoms with Crippen molar-refractivity contribution in [2.75, 3.05) is 0 Å². The molecular formula is C13H12Br2S.